The molecule has 0 radical (unpaired) electrons. The lowest BCUT2D eigenvalue weighted by atomic mass is 10.1. The van der Waals surface area contributed by atoms with Crippen molar-refractivity contribution in [1.29, 1.82) is 0 Å². The van der Waals surface area contributed by atoms with Crippen molar-refractivity contribution in [3.05, 3.63) is 64.2 Å². The molecule has 4 heterocycles. The first-order chi connectivity index (χ1) is 17.0. The molecule has 11 nitrogen and oxygen atoms in total. The molecule has 180 valence electrons. The third kappa shape index (κ3) is 4.60. The number of aromatic amines is 1. The van der Waals surface area contributed by atoms with Crippen LogP contribution in [0.2, 0.25) is 0 Å². The molecule has 2 amide bonds. The van der Waals surface area contributed by atoms with Gasteiger partial charge in [-0.05, 0) is 37.3 Å². The number of pyridine rings is 2. The van der Waals surface area contributed by atoms with E-state index in [-0.39, 0.29) is 11.5 Å². The van der Waals surface area contributed by atoms with E-state index < -0.39 is 11.5 Å². The molecular weight excluding hydrogens is 450 g/mol. The molecule has 0 bridgehead atoms. The minimum Gasteiger partial charge on any atom is -0.474 e. The minimum atomic E-state index is -0.551. The average Bonchev–Trinajstić information content (AvgIpc) is 2.86. The Balaban J connectivity index is 1.36. The summed E-state index contributed by atoms with van der Waals surface area (Å²) in [6.45, 7) is 4.71. The Hall–Kier alpha value is -4.54. The fourth-order valence-electron chi connectivity index (χ4n) is 4.11. The topological polar surface area (TPSA) is 140 Å². The number of amides is 2. The van der Waals surface area contributed by atoms with Gasteiger partial charge in [0.15, 0.2) is 0 Å². The first kappa shape index (κ1) is 22.3. The van der Waals surface area contributed by atoms with E-state index in [0.29, 0.717) is 55.7 Å². The first-order valence-electron chi connectivity index (χ1n) is 11.3. The molecule has 1 fully saturated rings. The zero-order valence-corrected chi connectivity index (χ0v) is 19.1. The smallest absolute Gasteiger partial charge is 0.263 e. The van der Waals surface area contributed by atoms with Crippen LogP contribution in [0, 0.1) is 6.92 Å². The van der Waals surface area contributed by atoms with Crippen LogP contribution in [0.3, 0.4) is 0 Å². The Kier molecular flexibility index (Phi) is 5.96. The summed E-state index contributed by atoms with van der Waals surface area (Å²) in [6.07, 6.45) is 3.09. The number of ether oxygens (including phenoxy) is 1. The number of benzene rings is 1. The van der Waals surface area contributed by atoms with Crippen LogP contribution in [0.1, 0.15) is 15.9 Å². The normalized spacial score (nSPS) is 14.8. The molecule has 5 N–H and O–H groups in total. The maximum absolute atomic E-state index is 13.1. The predicted molar refractivity (Wildman–Crippen MR) is 133 cm³/mol. The van der Waals surface area contributed by atoms with Crippen LogP contribution in [0.15, 0.2) is 47.5 Å². The zero-order valence-electron chi connectivity index (χ0n) is 19.1. The zero-order chi connectivity index (χ0) is 24.4. The summed E-state index contributed by atoms with van der Waals surface area (Å²) in [5.74, 6) is -0.0501. The number of carbonyl (C=O) groups is 2. The second-order valence-electron chi connectivity index (χ2n) is 8.25. The number of nitrogens with zero attached hydrogens (tertiary/aromatic N) is 2. The lowest BCUT2D eigenvalue weighted by Gasteiger charge is -2.28. The van der Waals surface area contributed by atoms with E-state index in [1.165, 1.54) is 6.20 Å². The van der Waals surface area contributed by atoms with Gasteiger partial charge in [-0.25, -0.2) is 4.98 Å². The summed E-state index contributed by atoms with van der Waals surface area (Å²) < 4.78 is 5.57. The average molecular weight is 476 g/mol. The summed E-state index contributed by atoms with van der Waals surface area (Å²) >= 11 is 0. The minimum absolute atomic E-state index is 0.0235. The van der Waals surface area contributed by atoms with Gasteiger partial charge in [-0.15, -0.1) is 0 Å². The highest BCUT2D eigenvalue weighted by Crippen LogP contribution is 2.34. The van der Waals surface area contributed by atoms with E-state index in [1.807, 2.05) is 24.0 Å². The third-order valence-electron chi connectivity index (χ3n) is 5.93. The molecule has 1 saturated heterocycles. The number of rotatable bonds is 5. The molecule has 0 aliphatic carbocycles. The SMILES string of the molecule is Cc1c(Nc2cc[nH]c(=O)c2C(=O)Nc2ccc(N3CCNC(=O)C3)cc2)cnc2c1NCCO2. The lowest BCUT2D eigenvalue weighted by molar-refractivity contribution is -0.120. The van der Waals surface area contributed by atoms with E-state index in [9.17, 15) is 14.4 Å². The molecule has 0 unspecified atom stereocenters. The molecule has 11 heteroatoms. The van der Waals surface area contributed by atoms with Crippen LogP contribution in [-0.2, 0) is 4.79 Å². The number of anilines is 5. The second-order valence-corrected chi connectivity index (χ2v) is 8.25. The van der Waals surface area contributed by atoms with Gasteiger partial charge in [0, 0.05) is 42.8 Å². The Morgan fingerprint density at radius 1 is 1.09 bits per heavy atom. The van der Waals surface area contributed by atoms with Crippen molar-refractivity contribution >= 4 is 40.3 Å². The molecule has 2 aliphatic heterocycles. The third-order valence-corrected chi connectivity index (χ3v) is 5.93. The van der Waals surface area contributed by atoms with Gasteiger partial charge in [-0.2, -0.15) is 0 Å². The van der Waals surface area contributed by atoms with Crippen LogP contribution in [-0.4, -0.2) is 54.6 Å². The number of hydrogen-bond donors (Lipinski definition) is 5. The second kappa shape index (κ2) is 9.37. The molecule has 0 spiro atoms. The first-order valence-corrected chi connectivity index (χ1v) is 11.3. The van der Waals surface area contributed by atoms with Crippen molar-refractivity contribution in [2.45, 2.75) is 6.92 Å². The summed E-state index contributed by atoms with van der Waals surface area (Å²) in [5.41, 5.74) is 3.49. The van der Waals surface area contributed by atoms with Crippen molar-refractivity contribution in [3.63, 3.8) is 0 Å². The summed E-state index contributed by atoms with van der Waals surface area (Å²) in [5, 5.41) is 12.0. The Bertz CT molecular complexity index is 1340. The molecule has 0 saturated carbocycles. The highest BCUT2D eigenvalue weighted by atomic mass is 16.5. The standard InChI is InChI=1S/C24H25N7O4/c1-14-18(12-28-24-21(14)26-9-11-35-24)30-17-6-7-27-22(33)20(17)23(34)29-15-2-4-16(5-3-15)31-10-8-25-19(32)13-31/h2-7,12,26H,8-11,13H2,1H3,(H,25,32)(H,29,34)(H2,27,30,33). The van der Waals surface area contributed by atoms with E-state index in [2.05, 4.69) is 31.2 Å². The number of nitrogens with one attached hydrogen (secondary N) is 5. The largest absolute Gasteiger partial charge is 0.474 e. The van der Waals surface area contributed by atoms with E-state index in [1.54, 1.807) is 24.4 Å². The number of piperazine rings is 1. The lowest BCUT2D eigenvalue weighted by Crippen LogP contribution is -2.47. The Morgan fingerprint density at radius 2 is 1.91 bits per heavy atom. The van der Waals surface area contributed by atoms with Crippen LogP contribution in [0.5, 0.6) is 5.88 Å². The molecular formula is C24H25N7O4. The van der Waals surface area contributed by atoms with Crippen molar-refractivity contribution in [2.24, 2.45) is 0 Å². The monoisotopic (exact) mass is 475 g/mol. The van der Waals surface area contributed by atoms with Crippen LogP contribution in [0.4, 0.5) is 28.4 Å². The van der Waals surface area contributed by atoms with Gasteiger partial charge in [0.05, 0.1) is 24.1 Å². The van der Waals surface area contributed by atoms with Gasteiger partial charge in [-0.1, -0.05) is 0 Å². The van der Waals surface area contributed by atoms with Crippen LogP contribution >= 0.6 is 0 Å². The van der Waals surface area contributed by atoms with Crippen LogP contribution in [0.25, 0.3) is 0 Å². The summed E-state index contributed by atoms with van der Waals surface area (Å²) in [7, 11) is 0. The van der Waals surface area contributed by atoms with Gasteiger partial charge in [-0.3, -0.25) is 14.4 Å². The van der Waals surface area contributed by atoms with E-state index in [0.717, 1.165) is 16.9 Å². The summed E-state index contributed by atoms with van der Waals surface area (Å²) in [4.78, 5) is 46.2. The maximum Gasteiger partial charge on any atom is 0.263 e. The van der Waals surface area contributed by atoms with Gasteiger partial charge >= 0.3 is 0 Å². The highest BCUT2D eigenvalue weighted by molar-refractivity contribution is 6.08. The predicted octanol–water partition coefficient (Wildman–Crippen LogP) is 1.81. The Labute approximate surface area is 200 Å². The number of fused-ring (bicyclic) bond motifs is 1. The van der Waals surface area contributed by atoms with Crippen molar-refractivity contribution in [1.82, 2.24) is 15.3 Å². The van der Waals surface area contributed by atoms with Crippen molar-refractivity contribution in [3.8, 4) is 5.88 Å². The van der Waals surface area contributed by atoms with E-state index >= 15 is 0 Å². The van der Waals surface area contributed by atoms with Gasteiger partial charge < -0.3 is 35.9 Å². The van der Waals surface area contributed by atoms with Crippen molar-refractivity contribution in [2.75, 3.05) is 53.6 Å². The van der Waals surface area contributed by atoms with Gasteiger partial charge in [0.1, 0.15) is 17.9 Å². The highest BCUT2D eigenvalue weighted by Gasteiger charge is 2.21. The van der Waals surface area contributed by atoms with Crippen molar-refractivity contribution < 1.29 is 14.3 Å². The molecule has 0 atom stereocenters. The number of H-pyrrole nitrogens is 1. The molecule has 5 rings (SSSR count). The molecule has 2 aliphatic rings. The fourth-order valence-corrected chi connectivity index (χ4v) is 4.11. The maximum atomic E-state index is 13.1. The number of carbonyl (C=O) groups excluding carboxylic acids is 2. The number of aromatic nitrogens is 2. The molecule has 1 aromatic carbocycles. The molecule has 3 aromatic rings. The van der Waals surface area contributed by atoms with Crippen LogP contribution < -0.4 is 36.5 Å². The quantitative estimate of drug-likeness (QED) is 0.376. The Morgan fingerprint density at radius 3 is 2.71 bits per heavy atom. The molecule has 35 heavy (non-hydrogen) atoms. The van der Waals surface area contributed by atoms with Gasteiger partial charge in [0.25, 0.3) is 11.5 Å². The van der Waals surface area contributed by atoms with E-state index in [4.69, 9.17) is 4.74 Å². The fraction of sp³-hybridized carbons (Fsp3) is 0.250. The molecule has 2 aromatic heterocycles. The summed E-state index contributed by atoms with van der Waals surface area (Å²) in [6, 6.07) is 8.78. The number of hydrogen-bond acceptors (Lipinski definition) is 8. The van der Waals surface area contributed by atoms with Gasteiger partial charge in [0.2, 0.25) is 11.8 Å².